The van der Waals surface area contributed by atoms with E-state index in [-0.39, 0.29) is 23.0 Å². The molecule has 5 aromatic heterocycles. The molecular formula is C46H44N6O4. The Morgan fingerprint density at radius 1 is 0.321 bits per heavy atom. The van der Waals surface area contributed by atoms with Crippen LogP contribution < -0.4 is 0 Å². The monoisotopic (exact) mass is 744 g/mol. The van der Waals surface area contributed by atoms with Gasteiger partial charge in [0.25, 0.3) is 0 Å². The quantitative estimate of drug-likeness (QED) is 0.110. The Morgan fingerprint density at radius 2 is 0.554 bits per heavy atom. The third-order valence-corrected chi connectivity index (χ3v) is 8.50. The van der Waals surface area contributed by atoms with Gasteiger partial charge in [-0.15, -0.1) is 0 Å². The van der Waals surface area contributed by atoms with Gasteiger partial charge in [0.1, 0.15) is 23.0 Å². The summed E-state index contributed by atoms with van der Waals surface area (Å²) in [6, 6.07) is 33.2. The third-order valence-electron chi connectivity index (χ3n) is 8.50. The van der Waals surface area contributed by atoms with Crippen molar-refractivity contribution in [3.05, 3.63) is 168 Å². The van der Waals surface area contributed by atoms with Gasteiger partial charge >= 0.3 is 0 Å². The first-order valence-corrected chi connectivity index (χ1v) is 17.8. The van der Waals surface area contributed by atoms with Crippen LogP contribution in [0.4, 0.5) is 0 Å². The standard InChI is InChI=1S/2C12H8N2.C8H12N2.2C7H8O2/c2*1-3-9-5-6-10-4-2-8-14-12(10)11(9)13-7-1;1-5-6(2)10-8(4)7(3)9-5;2*1-5-2-6(8)4-7(9)3-5/h2*1-8H;1-4H3;2*2-4,8-9H,1H3. The fourth-order valence-corrected chi connectivity index (χ4v) is 5.67. The molecule has 0 unspecified atom stereocenters. The minimum absolute atomic E-state index is 0.104. The lowest BCUT2D eigenvalue weighted by Gasteiger charge is -2.01. The summed E-state index contributed by atoms with van der Waals surface area (Å²) >= 11 is 0. The van der Waals surface area contributed by atoms with E-state index in [0.717, 1.165) is 77.5 Å². The van der Waals surface area contributed by atoms with Crippen LogP contribution in [0.3, 0.4) is 0 Å². The third kappa shape index (κ3) is 10.9. The highest BCUT2D eigenvalue weighted by Gasteiger charge is 2.02. The molecule has 0 spiro atoms. The Kier molecular flexibility index (Phi) is 13.4. The summed E-state index contributed by atoms with van der Waals surface area (Å²) in [5, 5.41) is 39.9. The highest BCUT2D eigenvalue weighted by molar-refractivity contribution is 6.03. The second-order valence-electron chi connectivity index (χ2n) is 13.1. The first kappa shape index (κ1) is 40.0. The number of hydrogen-bond donors (Lipinski definition) is 4. The van der Waals surface area contributed by atoms with E-state index < -0.39 is 0 Å². The number of aryl methyl sites for hydroxylation is 6. The molecule has 0 fully saturated rings. The number of aromatic hydroxyl groups is 4. The summed E-state index contributed by atoms with van der Waals surface area (Å²) in [5.74, 6) is 0.417. The van der Waals surface area contributed by atoms with Gasteiger partial charge < -0.3 is 20.4 Å². The van der Waals surface area contributed by atoms with Crippen molar-refractivity contribution in [2.24, 2.45) is 0 Å². The summed E-state index contributed by atoms with van der Waals surface area (Å²) in [7, 11) is 0. The van der Waals surface area contributed by atoms with Crippen LogP contribution in [0.5, 0.6) is 23.0 Å². The molecule has 0 bridgehead atoms. The lowest BCUT2D eigenvalue weighted by atomic mass is 10.1. The first-order chi connectivity index (χ1) is 26.9. The topological polar surface area (TPSA) is 158 Å². The summed E-state index contributed by atoms with van der Waals surface area (Å²) < 4.78 is 0. The fraction of sp³-hybridized carbons (Fsp3) is 0.130. The maximum atomic E-state index is 8.83. The maximum absolute atomic E-state index is 8.83. The molecule has 56 heavy (non-hydrogen) atoms. The minimum atomic E-state index is 0.104. The minimum Gasteiger partial charge on any atom is -0.508 e. The van der Waals surface area contributed by atoms with E-state index >= 15 is 0 Å². The number of pyridine rings is 4. The van der Waals surface area contributed by atoms with E-state index in [1.165, 1.54) is 12.1 Å². The average Bonchev–Trinajstić information content (AvgIpc) is 3.17. The van der Waals surface area contributed by atoms with Crippen molar-refractivity contribution in [2.75, 3.05) is 0 Å². The lowest BCUT2D eigenvalue weighted by Crippen LogP contribution is -1.97. The molecule has 10 heteroatoms. The second kappa shape index (κ2) is 18.7. The molecule has 4 N–H and O–H groups in total. The Bertz CT molecular complexity index is 2320. The number of phenolic OH excluding ortho intramolecular Hbond substituents is 4. The molecule has 0 atom stereocenters. The Balaban J connectivity index is 0.000000136. The molecule has 0 saturated carbocycles. The van der Waals surface area contributed by atoms with E-state index in [2.05, 4.69) is 78.4 Å². The zero-order valence-corrected chi connectivity index (χ0v) is 32.2. The van der Waals surface area contributed by atoms with Crippen LogP contribution in [-0.4, -0.2) is 50.3 Å². The average molecular weight is 745 g/mol. The molecule has 10 nitrogen and oxygen atoms in total. The molecule has 5 heterocycles. The number of hydrogen-bond acceptors (Lipinski definition) is 10. The fourth-order valence-electron chi connectivity index (χ4n) is 5.67. The van der Waals surface area contributed by atoms with Crippen LogP contribution in [-0.2, 0) is 0 Å². The SMILES string of the molecule is Cc1cc(O)cc(O)c1.Cc1cc(O)cc(O)c1.Cc1nc(C)c(C)nc1C.c1cnc2c(c1)ccc1cccnc12.c1cnc2c(c1)ccc1cccnc12. The molecular weight excluding hydrogens is 701 g/mol. The Labute approximate surface area is 325 Å². The number of fused-ring (bicyclic) bond motifs is 6. The highest BCUT2D eigenvalue weighted by Crippen LogP contribution is 2.23. The van der Waals surface area contributed by atoms with E-state index in [1.54, 1.807) is 62.9 Å². The smallest absolute Gasteiger partial charge is 0.119 e. The van der Waals surface area contributed by atoms with Gasteiger partial charge in [0.05, 0.1) is 44.8 Å². The molecule has 0 radical (unpaired) electrons. The van der Waals surface area contributed by atoms with Gasteiger partial charge in [-0.25, -0.2) is 0 Å². The molecule has 4 aromatic carbocycles. The summed E-state index contributed by atoms with van der Waals surface area (Å²) in [6.07, 6.45) is 7.21. The molecule has 0 aliphatic carbocycles. The van der Waals surface area contributed by atoms with Crippen molar-refractivity contribution >= 4 is 43.6 Å². The first-order valence-electron chi connectivity index (χ1n) is 17.8. The van der Waals surface area contributed by atoms with Crippen LogP contribution in [0.15, 0.2) is 134 Å². The van der Waals surface area contributed by atoms with Crippen molar-refractivity contribution in [1.29, 1.82) is 0 Å². The molecule has 9 aromatic rings. The van der Waals surface area contributed by atoms with Crippen LogP contribution in [0.25, 0.3) is 43.6 Å². The van der Waals surface area contributed by atoms with Gasteiger partial charge in [-0.2, -0.15) is 0 Å². The van der Waals surface area contributed by atoms with Crippen molar-refractivity contribution in [3.8, 4) is 23.0 Å². The molecule has 0 saturated heterocycles. The van der Waals surface area contributed by atoms with E-state index in [9.17, 15) is 0 Å². The summed E-state index contributed by atoms with van der Waals surface area (Å²) in [6.45, 7) is 11.5. The number of benzene rings is 4. The molecule has 0 aliphatic rings. The van der Waals surface area contributed by atoms with Crippen LogP contribution >= 0.6 is 0 Å². The normalized spacial score (nSPS) is 10.2. The zero-order chi connectivity index (χ0) is 40.2. The summed E-state index contributed by atoms with van der Waals surface area (Å²) in [4.78, 5) is 26.0. The van der Waals surface area contributed by atoms with Gasteiger partial charge in [0.15, 0.2) is 0 Å². The maximum Gasteiger partial charge on any atom is 0.119 e. The van der Waals surface area contributed by atoms with E-state index in [4.69, 9.17) is 20.4 Å². The lowest BCUT2D eigenvalue weighted by molar-refractivity contribution is 0.448. The number of nitrogens with zero attached hydrogens (tertiary/aromatic N) is 6. The van der Waals surface area contributed by atoms with Crippen molar-refractivity contribution in [1.82, 2.24) is 29.9 Å². The highest BCUT2D eigenvalue weighted by atomic mass is 16.3. The van der Waals surface area contributed by atoms with Crippen molar-refractivity contribution in [2.45, 2.75) is 41.5 Å². The van der Waals surface area contributed by atoms with Gasteiger partial charge in [-0.3, -0.25) is 29.9 Å². The van der Waals surface area contributed by atoms with Gasteiger partial charge in [-0.05, 0) is 101 Å². The number of phenols is 4. The van der Waals surface area contributed by atoms with Crippen LogP contribution in [0, 0.1) is 41.5 Å². The van der Waals surface area contributed by atoms with Gasteiger partial charge in [0.2, 0.25) is 0 Å². The predicted octanol–water partition coefficient (Wildman–Crippen LogP) is 10.1. The van der Waals surface area contributed by atoms with Crippen molar-refractivity contribution < 1.29 is 20.4 Å². The Hall–Kier alpha value is -7.20. The molecule has 0 amide bonds. The molecule has 0 aliphatic heterocycles. The van der Waals surface area contributed by atoms with Crippen molar-refractivity contribution in [3.63, 3.8) is 0 Å². The van der Waals surface area contributed by atoms with Crippen LogP contribution in [0.1, 0.15) is 33.9 Å². The Morgan fingerprint density at radius 3 is 0.768 bits per heavy atom. The molecule has 9 rings (SSSR count). The zero-order valence-electron chi connectivity index (χ0n) is 32.2. The van der Waals surface area contributed by atoms with Crippen LogP contribution in [0.2, 0.25) is 0 Å². The second-order valence-corrected chi connectivity index (χ2v) is 13.1. The van der Waals surface area contributed by atoms with Gasteiger partial charge in [-0.1, -0.05) is 48.5 Å². The molecule has 282 valence electrons. The largest absolute Gasteiger partial charge is 0.508 e. The van der Waals surface area contributed by atoms with Gasteiger partial charge in [0, 0.05) is 58.5 Å². The van der Waals surface area contributed by atoms with E-state index in [0.29, 0.717) is 0 Å². The predicted molar refractivity (Wildman–Crippen MR) is 224 cm³/mol. The van der Waals surface area contributed by atoms with E-state index in [1.807, 2.05) is 52.0 Å². The summed E-state index contributed by atoms with van der Waals surface area (Å²) in [5.41, 5.74) is 9.74. The number of aromatic nitrogens is 6. The number of rotatable bonds is 0.